The topological polar surface area (TPSA) is 67.4 Å². The van der Waals surface area contributed by atoms with E-state index >= 15 is 0 Å². The summed E-state index contributed by atoms with van der Waals surface area (Å²) in [4.78, 5) is 14.5. The van der Waals surface area contributed by atoms with E-state index in [1.807, 2.05) is 49.2 Å². The number of pyridine rings is 2. The number of likely N-dealkylation sites (N-methyl/N-ethyl adjacent to an activating group) is 1. The zero-order valence-electron chi connectivity index (χ0n) is 16.6. The molecule has 156 valence electrons. The second-order valence-corrected chi connectivity index (χ2v) is 7.64. The average molecular weight is 413 g/mol. The van der Waals surface area contributed by atoms with Gasteiger partial charge in [0.2, 0.25) is 0 Å². The molecule has 0 aromatic carbocycles. The molecule has 1 aliphatic carbocycles. The van der Waals surface area contributed by atoms with E-state index in [2.05, 4.69) is 9.97 Å². The summed E-state index contributed by atoms with van der Waals surface area (Å²) in [5.74, 6) is 0.239. The lowest BCUT2D eigenvalue weighted by Gasteiger charge is -2.40. The third kappa shape index (κ3) is 3.26. The van der Waals surface area contributed by atoms with E-state index in [9.17, 15) is 13.2 Å². The Labute approximate surface area is 172 Å². The molecule has 8 heteroatoms. The van der Waals surface area contributed by atoms with Crippen molar-refractivity contribution in [3.05, 3.63) is 77.9 Å². The van der Waals surface area contributed by atoms with Crippen LogP contribution in [-0.4, -0.2) is 33.9 Å². The number of nitrogens with zero attached hydrogens (tertiary/aromatic N) is 4. The van der Waals surface area contributed by atoms with Crippen LogP contribution in [0.2, 0.25) is 0 Å². The molecule has 1 aliphatic heterocycles. The minimum absolute atomic E-state index is 0.116. The molecule has 5 nitrogen and oxygen atoms in total. The van der Waals surface area contributed by atoms with Gasteiger partial charge in [0.25, 0.3) is 0 Å². The Morgan fingerprint density at radius 1 is 1.20 bits per heavy atom. The summed E-state index contributed by atoms with van der Waals surface area (Å²) in [6.07, 6.45) is 7.00. The van der Waals surface area contributed by atoms with E-state index in [0.29, 0.717) is 17.9 Å². The fourth-order valence-corrected chi connectivity index (χ4v) is 4.31. The highest BCUT2D eigenvalue weighted by Crippen LogP contribution is 2.48. The number of aliphatic imine (C=N–C) groups is 1. The normalized spacial score (nSPS) is 26.5. The third-order valence-electron chi connectivity index (χ3n) is 6.07. The molecule has 2 aromatic rings. The van der Waals surface area contributed by atoms with Gasteiger partial charge in [-0.2, -0.15) is 13.2 Å². The molecule has 3 heterocycles. The van der Waals surface area contributed by atoms with Gasteiger partial charge in [-0.3, -0.25) is 9.97 Å². The Hall–Kier alpha value is -3.16. The Morgan fingerprint density at radius 2 is 2.00 bits per heavy atom. The molecule has 2 aliphatic rings. The van der Waals surface area contributed by atoms with Crippen LogP contribution < -0.4 is 5.73 Å². The van der Waals surface area contributed by atoms with Crippen molar-refractivity contribution in [3.8, 4) is 0 Å². The molecule has 0 spiro atoms. The van der Waals surface area contributed by atoms with Crippen molar-refractivity contribution in [2.24, 2.45) is 16.6 Å². The standard InChI is InChI=1S/C22H22F3N5/c1-14-21(29-20(26)30(14)2,18-8-9-19(28-13-18)22(23,24)25)17-7-3-5-15(11-17)16-6-4-10-27-12-16/h3-10,12-14,17H,11H2,1-2H3,(H2,26,29). The largest absolute Gasteiger partial charge is 0.433 e. The first kappa shape index (κ1) is 20.1. The number of nitrogens with two attached hydrogens (primary N) is 1. The van der Waals surface area contributed by atoms with Gasteiger partial charge < -0.3 is 10.6 Å². The molecular formula is C22H22F3N5. The first-order valence-electron chi connectivity index (χ1n) is 9.63. The van der Waals surface area contributed by atoms with Crippen LogP contribution in [0.4, 0.5) is 13.2 Å². The maximum atomic E-state index is 13.0. The molecule has 2 aromatic heterocycles. The lowest BCUT2D eigenvalue weighted by atomic mass is 9.70. The van der Waals surface area contributed by atoms with E-state index in [0.717, 1.165) is 17.2 Å². The maximum Gasteiger partial charge on any atom is 0.433 e. The predicted octanol–water partition coefficient (Wildman–Crippen LogP) is 4.00. The van der Waals surface area contributed by atoms with Crippen LogP contribution in [0.15, 0.2) is 66.1 Å². The summed E-state index contributed by atoms with van der Waals surface area (Å²) in [6.45, 7) is 1.98. The molecule has 4 rings (SSSR count). The maximum absolute atomic E-state index is 13.0. The van der Waals surface area contributed by atoms with Crippen LogP contribution in [0, 0.1) is 5.92 Å². The van der Waals surface area contributed by atoms with Crippen LogP contribution in [0.3, 0.4) is 0 Å². The molecule has 0 fully saturated rings. The molecular weight excluding hydrogens is 391 g/mol. The van der Waals surface area contributed by atoms with Crippen molar-refractivity contribution in [3.63, 3.8) is 0 Å². The highest BCUT2D eigenvalue weighted by Gasteiger charge is 2.51. The van der Waals surface area contributed by atoms with Crippen LogP contribution in [0.1, 0.15) is 30.2 Å². The van der Waals surface area contributed by atoms with Crippen LogP contribution in [-0.2, 0) is 11.7 Å². The van der Waals surface area contributed by atoms with Gasteiger partial charge in [0.1, 0.15) is 11.2 Å². The third-order valence-corrected chi connectivity index (χ3v) is 6.07. The van der Waals surface area contributed by atoms with Crippen LogP contribution >= 0.6 is 0 Å². The fourth-order valence-electron chi connectivity index (χ4n) is 4.31. The summed E-state index contributed by atoms with van der Waals surface area (Å²) >= 11 is 0. The van der Waals surface area contributed by atoms with Crippen LogP contribution in [0.25, 0.3) is 5.57 Å². The Morgan fingerprint density at radius 3 is 2.57 bits per heavy atom. The zero-order chi connectivity index (χ0) is 21.5. The Bertz CT molecular complexity index is 1010. The van der Waals surface area contributed by atoms with Gasteiger partial charge in [-0.1, -0.05) is 30.4 Å². The van der Waals surface area contributed by atoms with Crippen LogP contribution in [0.5, 0.6) is 0 Å². The number of allylic oxidation sites excluding steroid dienone is 3. The zero-order valence-corrected chi connectivity index (χ0v) is 16.6. The Kier molecular flexibility index (Phi) is 4.88. The molecule has 0 saturated carbocycles. The quantitative estimate of drug-likeness (QED) is 0.826. The van der Waals surface area contributed by atoms with E-state index in [1.54, 1.807) is 12.4 Å². The number of guanidine groups is 1. The average Bonchev–Trinajstić information content (AvgIpc) is 2.99. The molecule has 0 radical (unpaired) electrons. The number of halogens is 3. The summed E-state index contributed by atoms with van der Waals surface area (Å²) in [7, 11) is 1.84. The second-order valence-electron chi connectivity index (χ2n) is 7.64. The van der Waals surface area contributed by atoms with Crippen molar-refractivity contribution in [1.82, 2.24) is 14.9 Å². The van der Waals surface area contributed by atoms with Gasteiger partial charge in [0.05, 0.1) is 6.04 Å². The highest BCUT2D eigenvalue weighted by molar-refractivity contribution is 5.81. The van der Waals surface area contributed by atoms with E-state index in [-0.39, 0.29) is 12.0 Å². The minimum Gasteiger partial charge on any atom is -0.370 e. The van der Waals surface area contributed by atoms with E-state index in [1.165, 1.54) is 12.3 Å². The van der Waals surface area contributed by atoms with Gasteiger partial charge >= 0.3 is 6.18 Å². The molecule has 30 heavy (non-hydrogen) atoms. The lowest BCUT2D eigenvalue weighted by molar-refractivity contribution is -0.141. The fraction of sp³-hybridized carbons (Fsp3) is 0.318. The van der Waals surface area contributed by atoms with Crippen molar-refractivity contribution >= 4 is 11.5 Å². The minimum atomic E-state index is -4.49. The van der Waals surface area contributed by atoms with Gasteiger partial charge in [-0.25, -0.2) is 4.99 Å². The summed E-state index contributed by atoms with van der Waals surface area (Å²) in [5.41, 5.74) is 7.08. The number of hydrogen-bond donors (Lipinski definition) is 1. The van der Waals surface area contributed by atoms with Crippen molar-refractivity contribution in [1.29, 1.82) is 0 Å². The first-order valence-corrected chi connectivity index (χ1v) is 9.63. The second kappa shape index (κ2) is 7.27. The molecule has 0 amide bonds. The Balaban J connectivity index is 1.77. The smallest absolute Gasteiger partial charge is 0.370 e. The number of rotatable bonds is 3. The SMILES string of the molecule is CC1N(C)C(N)=NC1(c1ccc(C(F)(F)F)nc1)C1C=CC=C(c2cccnc2)C1. The van der Waals surface area contributed by atoms with E-state index < -0.39 is 17.4 Å². The molecule has 3 unspecified atom stereocenters. The number of alkyl halides is 3. The highest BCUT2D eigenvalue weighted by atomic mass is 19.4. The van der Waals surface area contributed by atoms with E-state index in [4.69, 9.17) is 10.7 Å². The molecule has 2 N–H and O–H groups in total. The number of aromatic nitrogens is 2. The molecule has 3 atom stereocenters. The van der Waals surface area contributed by atoms with Gasteiger partial charge in [-0.05, 0) is 36.6 Å². The molecule has 0 saturated heterocycles. The van der Waals surface area contributed by atoms with Gasteiger partial charge in [0.15, 0.2) is 5.96 Å². The summed E-state index contributed by atoms with van der Waals surface area (Å²) in [5, 5.41) is 0. The number of hydrogen-bond acceptors (Lipinski definition) is 5. The van der Waals surface area contributed by atoms with Crippen molar-refractivity contribution in [2.45, 2.75) is 31.1 Å². The first-order chi connectivity index (χ1) is 14.2. The van der Waals surface area contributed by atoms with Crippen molar-refractivity contribution in [2.75, 3.05) is 7.05 Å². The monoisotopic (exact) mass is 413 g/mol. The van der Waals surface area contributed by atoms with Gasteiger partial charge in [0, 0.05) is 37.1 Å². The van der Waals surface area contributed by atoms with Gasteiger partial charge in [-0.15, -0.1) is 0 Å². The summed E-state index contributed by atoms with van der Waals surface area (Å²) in [6, 6.07) is 6.18. The summed E-state index contributed by atoms with van der Waals surface area (Å²) < 4.78 is 39.1. The molecule has 0 bridgehead atoms. The van der Waals surface area contributed by atoms with Crippen molar-refractivity contribution < 1.29 is 13.2 Å². The predicted molar refractivity (Wildman–Crippen MR) is 109 cm³/mol. The lowest BCUT2D eigenvalue weighted by Crippen LogP contribution is -2.46.